The zero-order chi connectivity index (χ0) is 11.3. The summed E-state index contributed by atoms with van der Waals surface area (Å²) >= 11 is 7.27. The number of carbonyl (C=O) groups is 1. The molecule has 0 saturated carbocycles. The highest BCUT2D eigenvalue weighted by Gasteiger charge is 1.97. The van der Waals surface area contributed by atoms with Gasteiger partial charge in [0.1, 0.15) is 0 Å². The molecule has 0 spiro atoms. The quantitative estimate of drug-likeness (QED) is 0.818. The summed E-state index contributed by atoms with van der Waals surface area (Å²) in [6.07, 6.45) is 0. The average Bonchev–Trinajstić information content (AvgIpc) is 2.16. The van der Waals surface area contributed by atoms with Gasteiger partial charge in [0.15, 0.2) is 0 Å². The number of anilines is 1. The molecular formula is C11H12ClNOS. The van der Waals surface area contributed by atoms with Crippen LogP contribution in [0, 0.1) is 0 Å². The summed E-state index contributed by atoms with van der Waals surface area (Å²) in [5.74, 6) is 0.630. The molecule has 15 heavy (non-hydrogen) atoms. The lowest BCUT2D eigenvalue weighted by Crippen LogP contribution is -2.05. The Morgan fingerprint density at radius 1 is 1.47 bits per heavy atom. The SMILES string of the molecule is C=C(Cl)CSc1ccc(NC(C)=O)cc1. The number of amides is 1. The van der Waals surface area contributed by atoms with Crippen LogP contribution >= 0.6 is 23.4 Å². The van der Waals surface area contributed by atoms with E-state index in [-0.39, 0.29) is 5.91 Å². The second-order valence-electron chi connectivity index (χ2n) is 3.01. The molecule has 0 atom stereocenters. The molecule has 1 aromatic carbocycles. The summed E-state index contributed by atoms with van der Waals surface area (Å²) in [6, 6.07) is 7.60. The Bertz CT molecular complexity index is 361. The van der Waals surface area contributed by atoms with Gasteiger partial charge in [-0.2, -0.15) is 0 Å². The predicted octanol–water partition coefficient (Wildman–Crippen LogP) is 3.49. The van der Waals surface area contributed by atoms with E-state index < -0.39 is 0 Å². The van der Waals surface area contributed by atoms with Crippen LogP contribution in [-0.4, -0.2) is 11.7 Å². The monoisotopic (exact) mass is 241 g/mol. The third-order valence-corrected chi connectivity index (χ3v) is 2.96. The van der Waals surface area contributed by atoms with E-state index in [0.29, 0.717) is 10.8 Å². The third-order valence-electron chi connectivity index (χ3n) is 1.57. The van der Waals surface area contributed by atoms with Gasteiger partial charge in [0.05, 0.1) is 0 Å². The van der Waals surface area contributed by atoms with Crippen LogP contribution in [0.4, 0.5) is 5.69 Å². The van der Waals surface area contributed by atoms with Crippen molar-refractivity contribution in [2.75, 3.05) is 11.1 Å². The lowest BCUT2D eigenvalue weighted by atomic mass is 10.3. The summed E-state index contributed by atoms with van der Waals surface area (Å²) in [7, 11) is 0. The fraction of sp³-hybridized carbons (Fsp3) is 0.182. The third kappa shape index (κ3) is 4.91. The molecule has 0 aliphatic rings. The van der Waals surface area contributed by atoms with Gasteiger partial charge >= 0.3 is 0 Å². The summed E-state index contributed by atoms with van der Waals surface area (Å²) in [4.78, 5) is 11.9. The molecule has 0 aromatic heterocycles. The van der Waals surface area contributed by atoms with E-state index in [4.69, 9.17) is 11.6 Å². The molecule has 1 N–H and O–H groups in total. The smallest absolute Gasteiger partial charge is 0.221 e. The first-order valence-electron chi connectivity index (χ1n) is 4.41. The molecule has 0 aliphatic heterocycles. The number of benzene rings is 1. The molecule has 0 bridgehead atoms. The van der Waals surface area contributed by atoms with Crippen LogP contribution in [0.1, 0.15) is 6.92 Å². The van der Waals surface area contributed by atoms with Crippen molar-refractivity contribution in [3.8, 4) is 0 Å². The van der Waals surface area contributed by atoms with Gasteiger partial charge in [-0.05, 0) is 24.3 Å². The fourth-order valence-electron chi connectivity index (χ4n) is 0.999. The number of nitrogens with one attached hydrogen (secondary N) is 1. The Kier molecular flexibility index (Phi) is 4.72. The Hall–Kier alpha value is -0.930. The van der Waals surface area contributed by atoms with Crippen LogP contribution in [0.2, 0.25) is 0 Å². The maximum absolute atomic E-state index is 10.8. The Balaban J connectivity index is 2.56. The number of halogens is 1. The summed E-state index contributed by atoms with van der Waals surface area (Å²) in [5, 5.41) is 3.34. The zero-order valence-electron chi connectivity index (χ0n) is 8.42. The van der Waals surface area contributed by atoms with Crippen molar-refractivity contribution in [2.45, 2.75) is 11.8 Å². The molecule has 1 rings (SSSR count). The van der Waals surface area contributed by atoms with Crippen LogP contribution in [0.25, 0.3) is 0 Å². The van der Waals surface area contributed by atoms with Crippen molar-refractivity contribution >= 4 is 35.0 Å². The van der Waals surface area contributed by atoms with Crippen molar-refractivity contribution in [1.29, 1.82) is 0 Å². The number of hydrogen-bond acceptors (Lipinski definition) is 2. The Morgan fingerprint density at radius 2 is 2.07 bits per heavy atom. The van der Waals surface area contributed by atoms with Crippen LogP contribution in [0.15, 0.2) is 40.8 Å². The van der Waals surface area contributed by atoms with Crippen molar-refractivity contribution in [1.82, 2.24) is 0 Å². The first-order valence-corrected chi connectivity index (χ1v) is 5.78. The summed E-state index contributed by atoms with van der Waals surface area (Å²) in [6.45, 7) is 5.10. The van der Waals surface area contributed by atoms with Gasteiger partial charge in [-0.15, -0.1) is 11.8 Å². The minimum absolute atomic E-state index is 0.0652. The lowest BCUT2D eigenvalue weighted by molar-refractivity contribution is -0.114. The maximum atomic E-state index is 10.8. The standard InChI is InChI=1S/C11H12ClNOS/c1-8(12)7-15-11-5-3-10(4-6-11)13-9(2)14/h3-6H,1,7H2,2H3,(H,13,14). The molecule has 2 nitrogen and oxygen atoms in total. The number of thioether (sulfide) groups is 1. The highest BCUT2D eigenvalue weighted by atomic mass is 35.5. The minimum atomic E-state index is -0.0652. The van der Waals surface area contributed by atoms with Crippen LogP contribution in [0.3, 0.4) is 0 Å². The Labute approximate surface area is 98.7 Å². The van der Waals surface area contributed by atoms with Crippen molar-refractivity contribution in [3.05, 3.63) is 35.9 Å². The fourth-order valence-corrected chi connectivity index (χ4v) is 1.81. The molecule has 0 radical (unpaired) electrons. The van der Waals surface area contributed by atoms with E-state index in [0.717, 1.165) is 10.6 Å². The molecule has 0 heterocycles. The molecule has 0 unspecified atom stereocenters. The molecule has 0 saturated heterocycles. The lowest BCUT2D eigenvalue weighted by Gasteiger charge is -2.03. The molecule has 1 amide bonds. The van der Waals surface area contributed by atoms with Gasteiger partial charge in [0, 0.05) is 28.3 Å². The Morgan fingerprint density at radius 3 is 2.53 bits per heavy atom. The van der Waals surface area contributed by atoms with Crippen LogP contribution in [0.5, 0.6) is 0 Å². The van der Waals surface area contributed by atoms with Gasteiger partial charge in [-0.3, -0.25) is 4.79 Å². The van der Waals surface area contributed by atoms with E-state index >= 15 is 0 Å². The molecule has 4 heteroatoms. The van der Waals surface area contributed by atoms with E-state index in [9.17, 15) is 4.79 Å². The van der Waals surface area contributed by atoms with E-state index in [1.165, 1.54) is 6.92 Å². The molecule has 0 aliphatic carbocycles. The van der Waals surface area contributed by atoms with Crippen LogP contribution < -0.4 is 5.32 Å². The van der Waals surface area contributed by atoms with Crippen molar-refractivity contribution in [3.63, 3.8) is 0 Å². The van der Waals surface area contributed by atoms with Gasteiger partial charge in [-0.1, -0.05) is 18.2 Å². The largest absolute Gasteiger partial charge is 0.326 e. The highest BCUT2D eigenvalue weighted by molar-refractivity contribution is 7.99. The van der Waals surface area contributed by atoms with Gasteiger partial charge in [-0.25, -0.2) is 0 Å². The summed E-state index contributed by atoms with van der Waals surface area (Å²) in [5.41, 5.74) is 0.802. The summed E-state index contributed by atoms with van der Waals surface area (Å²) < 4.78 is 0. The van der Waals surface area contributed by atoms with Gasteiger partial charge in [0.2, 0.25) is 5.91 Å². The number of rotatable bonds is 4. The second-order valence-corrected chi connectivity index (χ2v) is 4.59. The number of hydrogen-bond donors (Lipinski definition) is 1. The van der Waals surface area contributed by atoms with Crippen molar-refractivity contribution in [2.24, 2.45) is 0 Å². The predicted molar refractivity (Wildman–Crippen MR) is 66.5 cm³/mol. The van der Waals surface area contributed by atoms with E-state index in [1.54, 1.807) is 11.8 Å². The molecule has 1 aromatic rings. The second kappa shape index (κ2) is 5.83. The molecule has 80 valence electrons. The van der Waals surface area contributed by atoms with Crippen LogP contribution in [-0.2, 0) is 4.79 Å². The minimum Gasteiger partial charge on any atom is -0.326 e. The van der Waals surface area contributed by atoms with Gasteiger partial charge < -0.3 is 5.32 Å². The van der Waals surface area contributed by atoms with E-state index in [2.05, 4.69) is 11.9 Å². The first kappa shape index (κ1) is 12.1. The average molecular weight is 242 g/mol. The first-order chi connectivity index (χ1) is 7.08. The molecule has 0 fully saturated rings. The molecular weight excluding hydrogens is 230 g/mol. The van der Waals surface area contributed by atoms with E-state index in [1.807, 2.05) is 24.3 Å². The number of carbonyl (C=O) groups excluding carboxylic acids is 1. The zero-order valence-corrected chi connectivity index (χ0v) is 9.99. The maximum Gasteiger partial charge on any atom is 0.221 e. The topological polar surface area (TPSA) is 29.1 Å². The van der Waals surface area contributed by atoms with Crippen molar-refractivity contribution < 1.29 is 4.79 Å². The highest BCUT2D eigenvalue weighted by Crippen LogP contribution is 2.22. The van der Waals surface area contributed by atoms with Gasteiger partial charge in [0.25, 0.3) is 0 Å². The normalized spacial score (nSPS) is 9.73.